The summed E-state index contributed by atoms with van der Waals surface area (Å²) < 4.78 is 13.3. The lowest BCUT2D eigenvalue weighted by molar-refractivity contribution is 0.0515. The molecule has 0 radical (unpaired) electrons. The van der Waals surface area contributed by atoms with Gasteiger partial charge in [-0.15, -0.1) is 0 Å². The first-order valence-corrected chi connectivity index (χ1v) is 6.69. The fourth-order valence-electron chi connectivity index (χ4n) is 1.84. The predicted octanol–water partition coefficient (Wildman–Crippen LogP) is 3.16. The summed E-state index contributed by atoms with van der Waals surface area (Å²) in [6.07, 6.45) is 2.14. The molecule has 2 N–H and O–H groups in total. The summed E-state index contributed by atoms with van der Waals surface area (Å²) in [5, 5.41) is 13.6. The van der Waals surface area contributed by atoms with Crippen molar-refractivity contribution in [1.82, 2.24) is 5.32 Å². The molecule has 1 rings (SSSR count). The van der Waals surface area contributed by atoms with Gasteiger partial charge >= 0.3 is 0 Å². The van der Waals surface area contributed by atoms with Gasteiger partial charge in [-0.1, -0.05) is 24.6 Å². The van der Waals surface area contributed by atoms with Crippen molar-refractivity contribution in [3.8, 4) is 0 Å². The van der Waals surface area contributed by atoms with Crippen LogP contribution in [-0.4, -0.2) is 23.8 Å². The van der Waals surface area contributed by atoms with Crippen LogP contribution in [-0.2, 0) is 6.42 Å². The fraction of sp³-hybridized carbons (Fsp3) is 0.571. The van der Waals surface area contributed by atoms with Crippen molar-refractivity contribution in [2.45, 2.75) is 38.7 Å². The van der Waals surface area contributed by atoms with E-state index in [9.17, 15) is 9.50 Å². The van der Waals surface area contributed by atoms with Gasteiger partial charge in [0.15, 0.2) is 0 Å². The summed E-state index contributed by atoms with van der Waals surface area (Å²) in [6, 6.07) is 4.66. The van der Waals surface area contributed by atoms with Gasteiger partial charge in [-0.05, 0) is 50.6 Å². The molecule has 0 amide bonds. The molecule has 2 nitrogen and oxygen atoms in total. The number of benzene rings is 1. The molecular formula is C14H21ClFNO. The van der Waals surface area contributed by atoms with Crippen LogP contribution in [0.15, 0.2) is 18.2 Å². The molecule has 18 heavy (non-hydrogen) atoms. The second kappa shape index (κ2) is 7.07. The van der Waals surface area contributed by atoms with Gasteiger partial charge < -0.3 is 10.4 Å². The second-order valence-corrected chi connectivity index (χ2v) is 5.33. The van der Waals surface area contributed by atoms with Gasteiger partial charge in [-0.2, -0.15) is 0 Å². The van der Waals surface area contributed by atoms with Crippen LogP contribution in [0.25, 0.3) is 0 Å². The first kappa shape index (κ1) is 15.4. The Bertz CT molecular complexity index is 382. The average molecular weight is 274 g/mol. The van der Waals surface area contributed by atoms with Crippen molar-refractivity contribution >= 4 is 11.6 Å². The molecule has 0 aliphatic carbocycles. The van der Waals surface area contributed by atoms with Crippen molar-refractivity contribution in [1.29, 1.82) is 0 Å². The highest BCUT2D eigenvalue weighted by Crippen LogP contribution is 2.21. The second-order valence-electron chi connectivity index (χ2n) is 4.92. The van der Waals surface area contributed by atoms with Gasteiger partial charge in [-0.25, -0.2) is 4.39 Å². The zero-order valence-electron chi connectivity index (χ0n) is 11.0. The van der Waals surface area contributed by atoms with Gasteiger partial charge in [-0.3, -0.25) is 0 Å². The highest BCUT2D eigenvalue weighted by atomic mass is 35.5. The third-order valence-electron chi connectivity index (χ3n) is 2.84. The molecule has 0 saturated heterocycles. The summed E-state index contributed by atoms with van der Waals surface area (Å²) >= 11 is 5.62. The molecule has 0 aromatic heterocycles. The standard InChI is InChI=1S/C14H21ClFNO/c1-3-7-17-8-6-14(2,18)10-11-4-5-12(15)13(16)9-11/h4-5,9,17-18H,3,6-8,10H2,1-2H3. The van der Waals surface area contributed by atoms with E-state index < -0.39 is 11.4 Å². The number of aliphatic hydroxyl groups is 1. The molecule has 1 aromatic rings. The van der Waals surface area contributed by atoms with Crippen LogP contribution in [0.5, 0.6) is 0 Å². The van der Waals surface area contributed by atoms with E-state index in [1.165, 1.54) is 12.1 Å². The van der Waals surface area contributed by atoms with E-state index in [2.05, 4.69) is 12.2 Å². The maximum atomic E-state index is 13.3. The van der Waals surface area contributed by atoms with E-state index in [0.29, 0.717) is 12.8 Å². The highest BCUT2D eigenvalue weighted by molar-refractivity contribution is 6.30. The van der Waals surface area contributed by atoms with Crippen LogP contribution in [0.2, 0.25) is 5.02 Å². The van der Waals surface area contributed by atoms with E-state index >= 15 is 0 Å². The third kappa shape index (κ3) is 5.34. The van der Waals surface area contributed by atoms with Crippen LogP contribution in [0, 0.1) is 5.82 Å². The molecule has 0 heterocycles. The van der Waals surface area contributed by atoms with Crippen molar-refractivity contribution in [2.24, 2.45) is 0 Å². The zero-order chi connectivity index (χ0) is 13.6. The van der Waals surface area contributed by atoms with Gasteiger partial charge in [0.25, 0.3) is 0 Å². The smallest absolute Gasteiger partial charge is 0.142 e. The number of hydrogen-bond donors (Lipinski definition) is 2. The minimum Gasteiger partial charge on any atom is -0.390 e. The first-order chi connectivity index (χ1) is 8.44. The number of hydrogen-bond acceptors (Lipinski definition) is 2. The molecule has 0 aliphatic rings. The summed E-state index contributed by atoms with van der Waals surface area (Å²) in [7, 11) is 0. The van der Waals surface area contributed by atoms with E-state index in [1.807, 2.05) is 0 Å². The van der Waals surface area contributed by atoms with Crippen LogP contribution >= 0.6 is 11.6 Å². The number of halogens is 2. The van der Waals surface area contributed by atoms with Crippen LogP contribution < -0.4 is 5.32 Å². The van der Waals surface area contributed by atoms with Gasteiger partial charge in [0, 0.05) is 6.42 Å². The maximum absolute atomic E-state index is 13.3. The van der Waals surface area contributed by atoms with Crippen LogP contribution in [0.3, 0.4) is 0 Å². The van der Waals surface area contributed by atoms with E-state index in [4.69, 9.17) is 11.6 Å². The van der Waals surface area contributed by atoms with Crippen LogP contribution in [0.4, 0.5) is 4.39 Å². The molecule has 0 saturated carbocycles. The van der Waals surface area contributed by atoms with E-state index in [-0.39, 0.29) is 5.02 Å². The molecule has 0 fully saturated rings. The zero-order valence-corrected chi connectivity index (χ0v) is 11.7. The number of rotatable bonds is 7. The molecule has 0 spiro atoms. The quantitative estimate of drug-likeness (QED) is 0.748. The summed E-state index contributed by atoms with van der Waals surface area (Å²) in [5.74, 6) is -0.436. The third-order valence-corrected chi connectivity index (χ3v) is 3.14. The first-order valence-electron chi connectivity index (χ1n) is 6.31. The SMILES string of the molecule is CCCNCCC(C)(O)Cc1ccc(Cl)c(F)c1. The summed E-state index contributed by atoms with van der Waals surface area (Å²) in [4.78, 5) is 0. The number of nitrogens with one attached hydrogen (secondary N) is 1. The Labute approximate surface area is 113 Å². The Morgan fingerprint density at radius 2 is 2.11 bits per heavy atom. The molecule has 0 bridgehead atoms. The van der Waals surface area contributed by atoms with Gasteiger partial charge in [0.1, 0.15) is 5.82 Å². The lowest BCUT2D eigenvalue weighted by atomic mass is 9.93. The predicted molar refractivity (Wildman–Crippen MR) is 73.5 cm³/mol. The largest absolute Gasteiger partial charge is 0.390 e. The fourth-order valence-corrected chi connectivity index (χ4v) is 1.95. The van der Waals surface area contributed by atoms with Crippen molar-refractivity contribution in [3.63, 3.8) is 0 Å². The molecule has 1 unspecified atom stereocenters. The van der Waals surface area contributed by atoms with Crippen molar-refractivity contribution < 1.29 is 9.50 Å². The van der Waals surface area contributed by atoms with Crippen LogP contribution in [0.1, 0.15) is 32.3 Å². The van der Waals surface area contributed by atoms with Gasteiger partial charge in [0.05, 0.1) is 10.6 Å². The molecule has 102 valence electrons. The Balaban J connectivity index is 2.50. The summed E-state index contributed by atoms with van der Waals surface area (Å²) in [6.45, 7) is 5.58. The molecular weight excluding hydrogens is 253 g/mol. The Kier molecular flexibility index (Phi) is 6.06. The van der Waals surface area contributed by atoms with E-state index in [0.717, 1.165) is 25.1 Å². The Morgan fingerprint density at radius 1 is 1.39 bits per heavy atom. The minimum atomic E-state index is -0.832. The van der Waals surface area contributed by atoms with Crippen molar-refractivity contribution in [3.05, 3.63) is 34.6 Å². The topological polar surface area (TPSA) is 32.3 Å². The molecule has 1 aromatic carbocycles. The molecule has 1 atom stereocenters. The lowest BCUT2D eigenvalue weighted by Crippen LogP contribution is -2.32. The Morgan fingerprint density at radius 3 is 2.72 bits per heavy atom. The maximum Gasteiger partial charge on any atom is 0.142 e. The van der Waals surface area contributed by atoms with E-state index in [1.54, 1.807) is 13.0 Å². The van der Waals surface area contributed by atoms with Crippen molar-refractivity contribution in [2.75, 3.05) is 13.1 Å². The minimum absolute atomic E-state index is 0.114. The Hall–Kier alpha value is -0.640. The summed E-state index contributed by atoms with van der Waals surface area (Å²) in [5.41, 5.74) is -0.0709. The normalized spacial score (nSPS) is 14.5. The average Bonchev–Trinajstić information content (AvgIpc) is 2.29. The molecule has 4 heteroatoms. The van der Waals surface area contributed by atoms with Gasteiger partial charge in [0.2, 0.25) is 0 Å². The lowest BCUT2D eigenvalue weighted by Gasteiger charge is -2.23. The highest BCUT2D eigenvalue weighted by Gasteiger charge is 2.20. The molecule has 0 aliphatic heterocycles. The monoisotopic (exact) mass is 273 g/mol.